The molecule has 2 rings (SSSR count). The van der Waals surface area contributed by atoms with Crippen LogP contribution in [0, 0.1) is 0 Å². The van der Waals surface area contributed by atoms with Gasteiger partial charge >= 0.3 is 5.97 Å². The Hall–Kier alpha value is -2.74. The van der Waals surface area contributed by atoms with Crippen molar-refractivity contribution in [1.82, 2.24) is 4.90 Å². The number of hydrogen-bond donors (Lipinski definition) is 1. The van der Waals surface area contributed by atoms with Crippen LogP contribution in [0.5, 0.6) is 11.5 Å². The molecule has 0 radical (unpaired) electrons. The van der Waals surface area contributed by atoms with Gasteiger partial charge < -0.3 is 14.6 Å². The first kappa shape index (κ1) is 20.6. The maximum atomic E-state index is 12.5. The molecule has 1 aliphatic rings. The van der Waals surface area contributed by atoms with Gasteiger partial charge in [-0.3, -0.25) is 19.3 Å². The van der Waals surface area contributed by atoms with Crippen molar-refractivity contribution >= 4 is 35.0 Å². The Kier molecular flexibility index (Phi) is 7.06. The van der Waals surface area contributed by atoms with Gasteiger partial charge in [-0.25, -0.2) is 0 Å². The van der Waals surface area contributed by atoms with Crippen molar-refractivity contribution in [1.29, 1.82) is 0 Å². The summed E-state index contributed by atoms with van der Waals surface area (Å²) < 4.78 is 10.2. The van der Waals surface area contributed by atoms with Gasteiger partial charge in [0, 0.05) is 5.56 Å². The van der Waals surface area contributed by atoms with E-state index in [1.165, 1.54) is 6.08 Å². The normalized spacial score (nSPS) is 15.3. The number of allylic oxidation sites excluding steroid dienone is 1. The molecule has 27 heavy (non-hydrogen) atoms. The molecular weight excluding hydrogens is 370 g/mol. The van der Waals surface area contributed by atoms with Gasteiger partial charge in [0.15, 0.2) is 11.5 Å². The zero-order chi connectivity index (χ0) is 20.0. The molecule has 1 N–H and O–H groups in total. The number of carbonyl (C=O) groups excluding carboxylic acids is 3. The standard InChI is InChI=1S/C19H21NO6S/c1-4-7-13-8-12(9-14(17(13)22)25-5-2)10-15-18(23)20(19(24)27-15)11-16(21)26-6-3/h4,8-10,22H,1,5-7,11H2,2-3H3/b15-10+. The van der Waals surface area contributed by atoms with Crippen molar-refractivity contribution in [3.05, 3.63) is 40.8 Å². The van der Waals surface area contributed by atoms with E-state index in [1.807, 2.05) is 0 Å². The number of ether oxygens (including phenoxy) is 2. The third kappa shape index (κ3) is 4.91. The van der Waals surface area contributed by atoms with Crippen molar-refractivity contribution < 1.29 is 29.0 Å². The van der Waals surface area contributed by atoms with Crippen LogP contribution in [0.4, 0.5) is 4.79 Å². The van der Waals surface area contributed by atoms with Crippen LogP contribution >= 0.6 is 11.8 Å². The van der Waals surface area contributed by atoms with E-state index in [2.05, 4.69) is 6.58 Å². The van der Waals surface area contributed by atoms with Crippen LogP contribution in [0.25, 0.3) is 6.08 Å². The van der Waals surface area contributed by atoms with E-state index in [1.54, 1.807) is 32.1 Å². The van der Waals surface area contributed by atoms with Crippen LogP contribution in [-0.4, -0.2) is 46.9 Å². The SMILES string of the molecule is C=CCc1cc(/C=C2/SC(=O)N(CC(=O)OCC)C2=O)cc(OCC)c1O. The van der Waals surface area contributed by atoms with Crippen LogP contribution < -0.4 is 4.74 Å². The Morgan fingerprint density at radius 1 is 1.30 bits per heavy atom. The van der Waals surface area contributed by atoms with Crippen LogP contribution in [0.1, 0.15) is 25.0 Å². The van der Waals surface area contributed by atoms with Crippen LogP contribution in [0.2, 0.25) is 0 Å². The van der Waals surface area contributed by atoms with Gasteiger partial charge in [-0.05, 0) is 55.8 Å². The molecule has 0 aromatic heterocycles. The number of benzene rings is 1. The molecule has 8 heteroatoms. The molecule has 0 bridgehead atoms. The number of nitrogens with zero attached hydrogens (tertiary/aromatic N) is 1. The molecule has 1 heterocycles. The molecule has 0 saturated carbocycles. The Balaban J connectivity index is 2.32. The first-order chi connectivity index (χ1) is 12.9. The number of thioether (sulfide) groups is 1. The van der Waals surface area contributed by atoms with Crippen molar-refractivity contribution in [2.24, 2.45) is 0 Å². The zero-order valence-corrected chi connectivity index (χ0v) is 16.0. The van der Waals surface area contributed by atoms with Gasteiger partial charge in [0.1, 0.15) is 6.54 Å². The fourth-order valence-electron chi connectivity index (χ4n) is 2.47. The Labute approximate surface area is 161 Å². The summed E-state index contributed by atoms with van der Waals surface area (Å²) >= 11 is 0.747. The van der Waals surface area contributed by atoms with Gasteiger partial charge in [0.25, 0.3) is 11.1 Å². The first-order valence-corrected chi connectivity index (χ1v) is 9.23. The summed E-state index contributed by atoms with van der Waals surface area (Å²) in [4.78, 5) is 37.1. The van der Waals surface area contributed by atoms with Gasteiger partial charge in [-0.15, -0.1) is 6.58 Å². The van der Waals surface area contributed by atoms with Crippen LogP contribution in [0.15, 0.2) is 29.7 Å². The second kappa shape index (κ2) is 9.27. The number of rotatable bonds is 8. The van der Waals surface area contributed by atoms with Gasteiger partial charge in [-0.1, -0.05) is 6.08 Å². The molecule has 0 atom stereocenters. The number of esters is 1. The lowest BCUT2D eigenvalue weighted by atomic mass is 10.1. The van der Waals surface area contributed by atoms with Gasteiger partial charge in [0.05, 0.1) is 18.1 Å². The molecule has 1 aliphatic heterocycles. The topological polar surface area (TPSA) is 93.1 Å². The average Bonchev–Trinajstić information content (AvgIpc) is 2.87. The fourth-order valence-corrected chi connectivity index (χ4v) is 3.31. The summed E-state index contributed by atoms with van der Waals surface area (Å²) in [5, 5.41) is 9.71. The smallest absolute Gasteiger partial charge is 0.326 e. The van der Waals surface area contributed by atoms with E-state index in [0.717, 1.165) is 16.7 Å². The van der Waals surface area contributed by atoms with Crippen molar-refractivity contribution in [3.8, 4) is 11.5 Å². The van der Waals surface area contributed by atoms with E-state index in [0.29, 0.717) is 24.2 Å². The van der Waals surface area contributed by atoms with E-state index in [-0.39, 0.29) is 23.0 Å². The minimum absolute atomic E-state index is 0.0179. The molecule has 2 amide bonds. The summed E-state index contributed by atoms with van der Waals surface area (Å²) in [6.07, 6.45) is 3.59. The quantitative estimate of drug-likeness (QED) is 0.413. The number of phenols is 1. The lowest BCUT2D eigenvalue weighted by Gasteiger charge is -2.12. The molecule has 1 fully saturated rings. The minimum Gasteiger partial charge on any atom is -0.504 e. The first-order valence-electron chi connectivity index (χ1n) is 8.41. The molecule has 1 aromatic carbocycles. The third-order valence-electron chi connectivity index (χ3n) is 3.60. The highest BCUT2D eigenvalue weighted by molar-refractivity contribution is 8.18. The molecular formula is C19H21NO6S. The van der Waals surface area contributed by atoms with Crippen molar-refractivity contribution in [2.75, 3.05) is 19.8 Å². The number of amides is 2. The van der Waals surface area contributed by atoms with Gasteiger partial charge in [-0.2, -0.15) is 0 Å². The highest BCUT2D eigenvalue weighted by Crippen LogP contribution is 2.36. The number of phenolic OH excluding ortho intramolecular Hbond substituents is 1. The number of hydrogen-bond acceptors (Lipinski definition) is 7. The van der Waals surface area contributed by atoms with E-state index >= 15 is 0 Å². The maximum absolute atomic E-state index is 12.5. The van der Waals surface area contributed by atoms with Crippen LogP contribution in [0.3, 0.4) is 0 Å². The summed E-state index contributed by atoms with van der Waals surface area (Å²) in [5.74, 6) is -0.898. The lowest BCUT2D eigenvalue weighted by Crippen LogP contribution is -2.34. The molecule has 0 unspecified atom stereocenters. The average molecular weight is 391 g/mol. The Morgan fingerprint density at radius 3 is 2.67 bits per heavy atom. The summed E-state index contributed by atoms with van der Waals surface area (Å²) in [6.45, 7) is 7.21. The third-order valence-corrected chi connectivity index (χ3v) is 4.51. The molecule has 144 valence electrons. The largest absolute Gasteiger partial charge is 0.504 e. The zero-order valence-electron chi connectivity index (χ0n) is 15.2. The lowest BCUT2D eigenvalue weighted by molar-refractivity contribution is -0.145. The molecule has 7 nitrogen and oxygen atoms in total. The van der Waals surface area contributed by atoms with E-state index < -0.39 is 23.7 Å². The van der Waals surface area contributed by atoms with Gasteiger partial charge in [0.2, 0.25) is 0 Å². The van der Waals surface area contributed by atoms with E-state index in [4.69, 9.17) is 9.47 Å². The minimum atomic E-state index is -0.641. The summed E-state index contributed by atoms with van der Waals surface area (Å²) in [5.41, 5.74) is 1.18. The molecule has 0 aliphatic carbocycles. The highest BCUT2D eigenvalue weighted by Gasteiger charge is 2.36. The predicted octanol–water partition coefficient (Wildman–Crippen LogP) is 3.12. The summed E-state index contributed by atoms with van der Waals surface area (Å²) in [7, 11) is 0. The van der Waals surface area contributed by atoms with Crippen molar-refractivity contribution in [3.63, 3.8) is 0 Å². The number of aromatic hydroxyl groups is 1. The van der Waals surface area contributed by atoms with Crippen LogP contribution in [-0.2, 0) is 20.7 Å². The predicted molar refractivity (Wildman–Crippen MR) is 102 cm³/mol. The molecule has 0 spiro atoms. The molecule has 1 aromatic rings. The fraction of sp³-hybridized carbons (Fsp3) is 0.316. The van der Waals surface area contributed by atoms with Crippen molar-refractivity contribution in [2.45, 2.75) is 20.3 Å². The summed E-state index contributed by atoms with van der Waals surface area (Å²) in [6, 6.07) is 3.28. The second-order valence-corrected chi connectivity index (χ2v) is 6.52. The molecule has 1 saturated heterocycles. The second-order valence-electron chi connectivity index (χ2n) is 5.53. The number of imide groups is 1. The number of carbonyl (C=O) groups is 3. The Bertz CT molecular complexity index is 802. The Morgan fingerprint density at radius 2 is 2.04 bits per heavy atom. The highest BCUT2D eigenvalue weighted by atomic mass is 32.2. The maximum Gasteiger partial charge on any atom is 0.326 e. The monoisotopic (exact) mass is 391 g/mol. The van der Waals surface area contributed by atoms with E-state index in [9.17, 15) is 19.5 Å².